The molecule has 3 amide bonds. The maximum Gasteiger partial charge on any atom is 0.413 e. The lowest BCUT2D eigenvalue weighted by Gasteiger charge is -2.11. The number of thiophene rings is 1. The molecular formula is C26H27N3O6S2. The second-order valence-electron chi connectivity index (χ2n) is 8.67. The summed E-state index contributed by atoms with van der Waals surface area (Å²) >= 11 is 1.32. The number of amides is 3. The first-order valence-corrected chi connectivity index (χ1v) is 14.0. The molecule has 0 unspecified atom stereocenters. The molecule has 11 heteroatoms. The van der Waals surface area contributed by atoms with Crippen LogP contribution < -0.4 is 15.4 Å². The number of fused-ring (bicyclic) bond motifs is 1. The Labute approximate surface area is 219 Å². The summed E-state index contributed by atoms with van der Waals surface area (Å²) in [5.41, 5.74) is 2.45. The second-order valence-corrected chi connectivity index (χ2v) is 11.5. The topological polar surface area (TPSA) is 131 Å². The molecule has 0 fully saturated rings. The van der Waals surface area contributed by atoms with Crippen LogP contribution in [0.1, 0.15) is 56.0 Å². The number of nitrogens with one attached hydrogen (secondary N) is 3. The summed E-state index contributed by atoms with van der Waals surface area (Å²) in [7, 11) is -2.68. The van der Waals surface area contributed by atoms with Gasteiger partial charge in [0, 0.05) is 16.1 Å². The van der Waals surface area contributed by atoms with Crippen molar-refractivity contribution in [1.29, 1.82) is 0 Å². The smallest absolute Gasteiger partial charge is 0.413 e. The third-order valence-electron chi connectivity index (χ3n) is 5.98. The minimum atomic E-state index is -3.85. The molecule has 0 saturated heterocycles. The molecule has 0 saturated carbocycles. The Morgan fingerprint density at radius 1 is 0.946 bits per heavy atom. The number of hydrogen-bond acceptors (Lipinski definition) is 7. The maximum atomic E-state index is 13.2. The van der Waals surface area contributed by atoms with Crippen LogP contribution in [0.4, 0.5) is 15.5 Å². The van der Waals surface area contributed by atoms with E-state index in [0.717, 1.165) is 41.7 Å². The number of carbonyl (C=O) groups is 3. The van der Waals surface area contributed by atoms with E-state index in [-0.39, 0.29) is 21.7 Å². The van der Waals surface area contributed by atoms with Gasteiger partial charge in [0.2, 0.25) is 0 Å². The minimum Gasteiger partial charge on any atom is -0.453 e. The second kappa shape index (κ2) is 11.1. The van der Waals surface area contributed by atoms with Gasteiger partial charge in [-0.25, -0.2) is 13.2 Å². The zero-order chi connectivity index (χ0) is 26.6. The number of hydrogen-bond donors (Lipinski definition) is 3. The van der Waals surface area contributed by atoms with Gasteiger partial charge < -0.3 is 10.1 Å². The van der Waals surface area contributed by atoms with Crippen LogP contribution in [-0.2, 0) is 27.6 Å². The van der Waals surface area contributed by atoms with Gasteiger partial charge in [0.15, 0.2) is 0 Å². The number of carbonyl (C=O) groups excluding carboxylic acids is 3. The first-order valence-electron chi connectivity index (χ1n) is 11.7. The number of anilines is 2. The fraction of sp³-hybridized carbons (Fsp3) is 0.269. The minimum absolute atomic E-state index is 0.106. The van der Waals surface area contributed by atoms with E-state index in [4.69, 9.17) is 0 Å². The Morgan fingerprint density at radius 3 is 2.41 bits per heavy atom. The van der Waals surface area contributed by atoms with Gasteiger partial charge in [0.1, 0.15) is 5.00 Å². The largest absolute Gasteiger partial charge is 0.453 e. The standard InChI is InChI=1S/C26H27N3O6S2/c1-16-11-13-19(14-12-16)37(33,34)29-18-8-6-7-17(15-18)23(30)27-25-22(24(31)28-26(32)35-2)20-9-4-3-5-10-21(20)36-25/h6-8,11-15,29H,3-5,9-10H2,1-2H3,(H,27,30)(H,28,31,32). The van der Waals surface area contributed by atoms with Crippen molar-refractivity contribution in [3.63, 3.8) is 0 Å². The quantitative estimate of drug-likeness (QED) is 0.382. The zero-order valence-electron chi connectivity index (χ0n) is 20.4. The van der Waals surface area contributed by atoms with Gasteiger partial charge in [0.25, 0.3) is 21.8 Å². The summed E-state index contributed by atoms with van der Waals surface area (Å²) in [6.45, 7) is 1.86. The number of alkyl carbamates (subject to hydrolysis) is 1. The molecule has 37 heavy (non-hydrogen) atoms. The van der Waals surface area contributed by atoms with E-state index < -0.39 is 27.9 Å². The van der Waals surface area contributed by atoms with Gasteiger partial charge in [0.05, 0.1) is 17.6 Å². The van der Waals surface area contributed by atoms with E-state index in [1.165, 1.54) is 36.6 Å². The number of ether oxygens (including phenoxy) is 1. The fourth-order valence-electron chi connectivity index (χ4n) is 4.11. The van der Waals surface area contributed by atoms with E-state index in [9.17, 15) is 22.8 Å². The normalized spacial score (nSPS) is 13.1. The van der Waals surface area contributed by atoms with Crippen molar-refractivity contribution in [2.75, 3.05) is 17.1 Å². The molecular weight excluding hydrogens is 514 g/mol. The van der Waals surface area contributed by atoms with Crippen molar-refractivity contribution >= 4 is 50.0 Å². The van der Waals surface area contributed by atoms with Crippen molar-refractivity contribution in [1.82, 2.24) is 5.32 Å². The molecule has 4 rings (SSSR count). The molecule has 3 aromatic rings. The molecule has 0 bridgehead atoms. The van der Waals surface area contributed by atoms with Crippen LogP contribution in [0.15, 0.2) is 53.4 Å². The predicted octanol–water partition coefficient (Wildman–Crippen LogP) is 4.87. The lowest BCUT2D eigenvalue weighted by molar-refractivity contribution is 0.0937. The summed E-state index contributed by atoms with van der Waals surface area (Å²) < 4.78 is 32.6. The molecule has 1 aliphatic carbocycles. The van der Waals surface area contributed by atoms with Gasteiger partial charge in [-0.2, -0.15) is 0 Å². The molecule has 1 aromatic heterocycles. The monoisotopic (exact) mass is 541 g/mol. The van der Waals surface area contributed by atoms with Gasteiger partial charge in [-0.3, -0.25) is 19.6 Å². The molecule has 1 aliphatic rings. The lowest BCUT2D eigenvalue weighted by Crippen LogP contribution is -2.31. The summed E-state index contributed by atoms with van der Waals surface area (Å²) in [5, 5.41) is 5.32. The number of methoxy groups -OCH3 is 1. The van der Waals surface area contributed by atoms with Crippen LogP contribution in [-0.4, -0.2) is 33.4 Å². The number of aryl methyl sites for hydroxylation is 2. The summed E-state index contributed by atoms with van der Waals surface area (Å²) in [6, 6.07) is 12.5. The third-order valence-corrected chi connectivity index (χ3v) is 8.59. The highest BCUT2D eigenvalue weighted by molar-refractivity contribution is 7.92. The molecule has 0 aliphatic heterocycles. The Balaban J connectivity index is 1.59. The van der Waals surface area contributed by atoms with Crippen LogP contribution in [0.2, 0.25) is 0 Å². The van der Waals surface area contributed by atoms with Crippen LogP contribution >= 0.6 is 11.3 Å². The van der Waals surface area contributed by atoms with E-state index in [1.54, 1.807) is 30.3 Å². The van der Waals surface area contributed by atoms with Crippen molar-refractivity contribution in [2.24, 2.45) is 0 Å². The van der Waals surface area contributed by atoms with Gasteiger partial charge in [-0.15, -0.1) is 11.3 Å². The molecule has 0 atom stereocenters. The summed E-state index contributed by atoms with van der Waals surface area (Å²) in [4.78, 5) is 38.9. The number of rotatable bonds is 6. The predicted molar refractivity (Wildman–Crippen MR) is 142 cm³/mol. The highest BCUT2D eigenvalue weighted by atomic mass is 32.2. The Kier molecular flexibility index (Phi) is 7.94. The van der Waals surface area contributed by atoms with E-state index in [2.05, 4.69) is 20.1 Å². The maximum absolute atomic E-state index is 13.2. The Hall–Kier alpha value is -3.70. The lowest BCUT2D eigenvalue weighted by atomic mass is 10.0. The number of imide groups is 1. The first-order chi connectivity index (χ1) is 17.7. The van der Waals surface area contributed by atoms with Crippen molar-refractivity contribution in [2.45, 2.75) is 43.9 Å². The molecule has 0 radical (unpaired) electrons. The molecule has 0 spiro atoms. The van der Waals surface area contributed by atoms with Crippen molar-refractivity contribution in [3.8, 4) is 0 Å². The van der Waals surface area contributed by atoms with Gasteiger partial charge in [-0.1, -0.05) is 30.2 Å². The average molecular weight is 542 g/mol. The highest BCUT2D eigenvalue weighted by Gasteiger charge is 2.27. The van der Waals surface area contributed by atoms with Crippen molar-refractivity contribution in [3.05, 3.63) is 75.7 Å². The van der Waals surface area contributed by atoms with Gasteiger partial charge >= 0.3 is 6.09 Å². The van der Waals surface area contributed by atoms with Crippen molar-refractivity contribution < 1.29 is 27.5 Å². The fourth-order valence-corrected chi connectivity index (χ4v) is 6.44. The molecule has 1 heterocycles. The zero-order valence-corrected chi connectivity index (χ0v) is 22.1. The molecule has 3 N–H and O–H groups in total. The molecule has 194 valence electrons. The SMILES string of the molecule is COC(=O)NC(=O)c1c(NC(=O)c2cccc(NS(=O)(=O)c3ccc(C)cc3)c2)sc2c1CCCCC2. The Bertz CT molecular complexity index is 1450. The molecule has 2 aromatic carbocycles. The van der Waals surface area contributed by atoms with Crippen LogP contribution in [0, 0.1) is 6.92 Å². The van der Waals surface area contributed by atoms with E-state index in [1.807, 2.05) is 6.92 Å². The Morgan fingerprint density at radius 2 is 1.68 bits per heavy atom. The van der Waals surface area contributed by atoms with Crippen LogP contribution in [0.3, 0.4) is 0 Å². The van der Waals surface area contributed by atoms with E-state index in [0.29, 0.717) is 11.4 Å². The summed E-state index contributed by atoms with van der Waals surface area (Å²) in [6.07, 6.45) is 3.48. The van der Waals surface area contributed by atoms with Crippen LogP contribution in [0.25, 0.3) is 0 Å². The van der Waals surface area contributed by atoms with Gasteiger partial charge in [-0.05, 0) is 68.5 Å². The average Bonchev–Trinajstić information content (AvgIpc) is 3.04. The van der Waals surface area contributed by atoms with Crippen LogP contribution in [0.5, 0.6) is 0 Å². The first kappa shape index (κ1) is 26.4. The highest BCUT2D eigenvalue weighted by Crippen LogP contribution is 2.38. The summed E-state index contributed by atoms with van der Waals surface area (Å²) in [5.74, 6) is -1.15. The third kappa shape index (κ3) is 6.17. The number of benzene rings is 2. The number of sulfonamides is 1. The van der Waals surface area contributed by atoms with E-state index >= 15 is 0 Å². The molecule has 9 nitrogen and oxygen atoms in total.